The van der Waals surface area contributed by atoms with Crippen LogP contribution in [0.3, 0.4) is 0 Å². The summed E-state index contributed by atoms with van der Waals surface area (Å²) in [4.78, 5) is 2.02. The summed E-state index contributed by atoms with van der Waals surface area (Å²) < 4.78 is 10.7. The van der Waals surface area contributed by atoms with Crippen molar-refractivity contribution in [1.82, 2.24) is 10.2 Å². The van der Waals surface area contributed by atoms with E-state index in [2.05, 4.69) is 24.4 Å². The van der Waals surface area contributed by atoms with Crippen LogP contribution < -0.4 is 14.8 Å². The summed E-state index contributed by atoms with van der Waals surface area (Å²) in [7, 11) is 5.27. The van der Waals surface area contributed by atoms with Gasteiger partial charge in [0.2, 0.25) is 0 Å². The van der Waals surface area contributed by atoms with Crippen molar-refractivity contribution >= 4 is 17.3 Å². The highest BCUT2D eigenvalue weighted by atomic mass is 32.1. The van der Waals surface area contributed by atoms with Crippen LogP contribution in [-0.2, 0) is 13.1 Å². The van der Waals surface area contributed by atoms with E-state index in [0.29, 0.717) is 11.7 Å². The summed E-state index contributed by atoms with van der Waals surface area (Å²) in [5.41, 5.74) is 3.50. The molecule has 2 aromatic carbocycles. The first-order chi connectivity index (χ1) is 11.5. The fourth-order valence-corrected chi connectivity index (χ4v) is 2.57. The van der Waals surface area contributed by atoms with Crippen molar-refractivity contribution in [1.29, 1.82) is 0 Å². The van der Waals surface area contributed by atoms with Crippen molar-refractivity contribution in [3.63, 3.8) is 0 Å². The number of nitrogens with zero attached hydrogens (tertiary/aromatic N) is 1. The summed E-state index contributed by atoms with van der Waals surface area (Å²) in [6.45, 7) is 3.48. The van der Waals surface area contributed by atoms with E-state index in [1.807, 2.05) is 42.3 Å². The van der Waals surface area contributed by atoms with Gasteiger partial charge in [-0.25, -0.2) is 0 Å². The SMILES string of the molecule is COc1cc(C)c(CN(C)C(=S)NCc2ccccc2)cc1OC. The average molecular weight is 344 g/mol. The molecule has 0 bridgehead atoms. The van der Waals surface area contributed by atoms with Gasteiger partial charge in [-0.2, -0.15) is 0 Å². The van der Waals surface area contributed by atoms with Crippen molar-refractivity contribution in [2.24, 2.45) is 0 Å². The molecule has 2 rings (SSSR count). The van der Waals surface area contributed by atoms with Crippen LogP contribution in [0.2, 0.25) is 0 Å². The monoisotopic (exact) mass is 344 g/mol. The molecule has 2 aromatic rings. The summed E-state index contributed by atoms with van der Waals surface area (Å²) in [5, 5.41) is 4.01. The molecule has 0 saturated heterocycles. The molecule has 0 radical (unpaired) electrons. The standard InChI is InChI=1S/C19H24N2O2S/c1-14-10-17(22-3)18(23-4)11-16(14)13-21(2)19(24)20-12-15-8-6-5-7-9-15/h5-11H,12-13H2,1-4H3,(H,20,24). The van der Waals surface area contributed by atoms with Crippen LogP contribution in [-0.4, -0.2) is 31.3 Å². The lowest BCUT2D eigenvalue weighted by Crippen LogP contribution is -2.36. The second-order valence-corrected chi connectivity index (χ2v) is 6.02. The number of rotatable bonds is 6. The lowest BCUT2D eigenvalue weighted by atomic mass is 10.1. The lowest BCUT2D eigenvalue weighted by molar-refractivity contribution is 0.353. The zero-order valence-electron chi connectivity index (χ0n) is 14.6. The third kappa shape index (κ3) is 4.61. The molecule has 128 valence electrons. The van der Waals surface area contributed by atoms with Crippen molar-refractivity contribution in [3.8, 4) is 11.5 Å². The third-order valence-electron chi connectivity index (χ3n) is 3.88. The first-order valence-corrected chi connectivity index (χ1v) is 8.20. The van der Waals surface area contributed by atoms with E-state index in [9.17, 15) is 0 Å². The third-order valence-corrected chi connectivity index (χ3v) is 4.34. The fourth-order valence-electron chi connectivity index (χ4n) is 2.43. The van der Waals surface area contributed by atoms with Gasteiger partial charge in [0.15, 0.2) is 16.6 Å². The van der Waals surface area contributed by atoms with Crippen LogP contribution in [0.25, 0.3) is 0 Å². The van der Waals surface area contributed by atoms with Gasteiger partial charge in [0.25, 0.3) is 0 Å². The highest BCUT2D eigenvalue weighted by molar-refractivity contribution is 7.80. The summed E-state index contributed by atoms with van der Waals surface area (Å²) >= 11 is 5.49. The van der Waals surface area contributed by atoms with Gasteiger partial charge in [0, 0.05) is 20.1 Å². The van der Waals surface area contributed by atoms with Crippen LogP contribution in [0.4, 0.5) is 0 Å². The number of hydrogen-bond donors (Lipinski definition) is 1. The van der Waals surface area contributed by atoms with Gasteiger partial charge >= 0.3 is 0 Å². The largest absolute Gasteiger partial charge is 0.493 e. The van der Waals surface area contributed by atoms with E-state index in [1.54, 1.807) is 14.2 Å². The van der Waals surface area contributed by atoms with Gasteiger partial charge in [0.05, 0.1) is 14.2 Å². The van der Waals surface area contributed by atoms with E-state index in [0.717, 1.165) is 29.2 Å². The van der Waals surface area contributed by atoms with Crippen LogP contribution in [0.1, 0.15) is 16.7 Å². The molecule has 5 heteroatoms. The summed E-state index contributed by atoms with van der Waals surface area (Å²) in [6.07, 6.45) is 0. The van der Waals surface area contributed by atoms with Gasteiger partial charge < -0.3 is 19.7 Å². The van der Waals surface area contributed by atoms with Crippen LogP contribution in [0.5, 0.6) is 11.5 Å². The average Bonchev–Trinajstić information content (AvgIpc) is 2.61. The molecule has 0 aliphatic heterocycles. The predicted octanol–water partition coefficient (Wildman–Crippen LogP) is 3.52. The van der Waals surface area contributed by atoms with Crippen molar-refractivity contribution in [3.05, 3.63) is 59.2 Å². The molecular formula is C19H24N2O2S. The molecule has 0 heterocycles. The smallest absolute Gasteiger partial charge is 0.169 e. The molecule has 0 spiro atoms. The number of thiocarbonyl (C=S) groups is 1. The Morgan fingerprint density at radius 2 is 1.71 bits per heavy atom. The minimum Gasteiger partial charge on any atom is -0.493 e. The Morgan fingerprint density at radius 1 is 1.08 bits per heavy atom. The Morgan fingerprint density at radius 3 is 2.33 bits per heavy atom. The Balaban J connectivity index is 2.00. The van der Waals surface area contributed by atoms with Crippen LogP contribution >= 0.6 is 12.2 Å². The lowest BCUT2D eigenvalue weighted by Gasteiger charge is -2.23. The number of benzene rings is 2. The number of methoxy groups -OCH3 is 2. The Kier molecular flexibility index (Phi) is 6.44. The Bertz CT molecular complexity index is 689. The van der Waals surface area contributed by atoms with Crippen LogP contribution in [0, 0.1) is 6.92 Å². The molecule has 0 atom stereocenters. The molecule has 0 aromatic heterocycles. The number of aryl methyl sites for hydroxylation is 1. The molecule has 0 aliphatic carbocycles. The van der Waals surface area contributed by atoms with Crippen molar-refractivity contribution < 1.29 is 9.47 Å². The summed E-state index contributed by atoms with van der Waals surface area (Å²) in [5.74, 6) is 1.47. The molecule has 4 nitrogen and oxygen atoms in total. The van der Waals surface area contributed by atoms with Crippen molar-refractivity contribution in [2.75, 3.05) is 21.3 Å². The molecule has 1 N–H and O–H groups in total. The van der Waals surface area contributed by atoms with E-state index in [-0.39, 0.29) is 0 Å². The van der Waals surface area contributed by atoms with Crippen molar-refractivity contribution in [2.45, 2.75) is 20.0 Å². The zero-order valence-corrected chi connectivity index (χ0v) is 15.4. The predicted molar refractivity (Wildman–Crippen MR) is 102 cm³/mol. The van der Waals surface area contributed by atoms with Gasteiger partial charge in [-0.1, -0.05) is 30.3 Å². The topological polar surface area (TPSA) is 33.7 Å². The maximum atomic E-state index is 5.49. The quantitative estimate of drug-likeness (QED) is 0.811. The minimum absolute atomic E-state index is 0.701. The van der Waals surface area contributed by atoms with Gasteiger partial charge in [-0.05, 0) is 48.0 Å². The van der Waals surface area contributed by atoms with E-state index in [1.165, 1.54) is 5.56 Å². The molecule has 0 amide bonds. The normalized spacial score (nSPS) is 10.2. The fraction of sp³-hybridized carbons (Fsp3) is 0.316. The minimum atomic E-state index is 0.701. The van der Waals surface area contributed by atoms with E-state index >= 15 is 0 Å². The first-order valence-electron chi connectivity index (χ1n) is 7.79. The molecule has 0 fully saturated rings. The van der Waals surface area contributed by atoms with E-state index < -0.39 is 0 Å². The van der Waals surface area contributed by atoms with Gasteiger partial charge in [-0.15, -0.1) is 0 Å². The van der Waals surface area contributed by atoms with Gasteiger partial charge in [-0.3, -0.25) is 0 Å². The number of ether oxygens (including phenoxy) is 2. The molecule has 0 saturated carbocycles. The maximum Gasteiger partial charge on any atom is 0.169 e. The van der Waals surface area contributed by atoms with Crippen LogP contribution in [0.15, 0.2) is 42.5 Å². The first kappa shape index (κ1) is 18.1. The maximum absolute atomic E-state index is 5.49. The Labute approximate surface area is 149 Å². The molecule has 0 unspecified atom stereocenters. The highest BCUT2D eigenvalue weighted by Gasteiger charge is 2.12. The van der Waals surface area contributed by atoms with E-state index in [4.69, 9.17) is 21.7 Å². The zero-order chi connectivity index (χ0) is 17.5. The molecule has 0 aliphatic rings. The number of hydrogen-bond acceptors (Lipinski definition) is 3. The Hall–Kier alpha value is -2.27. The molecule has 24 heavy (non-hydrogen) atoms. The van der Waals surface area contributed by atoms with Gasteiger partial charge in [0.1, 0.15) is 0 Å². The number of nitrogens with one attached hydrogen (secondary N) is 1. The second kappa shape index (κ2) is 8.55. The molecular weight excluding hydrogens is 320 g/mol. The summed E-state index contributed by atoms with van der Waals surface area (Å²) in [6, 6.07) is 14.2. The second-order valence-electron chi connectivity index (χ2n) is 5.63. The highest BCUT2D eigenvalue weighted by Crippen LogP contribution is 2.30.